The molecular formula is C10H12O3S. The van der Waals surface area contributed by atoms with E-state index in [2.05, 4.69) is 23.7 Å². The summed E-state index contributed by atoms with van der Waals surface area (Å²) in [7, 11) is 0. The van der Waals surface area contributed by atoms with Crippen molar-refractivity contribution in [3.63, 3.8) is 0 Å². The second-order valence-electron chi connectivity index (χ2n) is 2.13. The lowest BCUT2D eigenvalue weighted by atomic mass is 10.3. The van der Waals surface area contributed by atoms with Gasteiger partial charge >= 0.3 is 6.16 Å². The van der Waals surface area contributed by atoms with E-state index in [1.807, 2.05) is 13.0 Å². The lowest BCUT2D eigenvalue weighted by Crippen LogP contribution is -1.99. The van der Waals surface area contributed by atoms with Gasteiger partial charge in [0.15, 0.2) is 0 Å². The van der Waals surface area contributed by atoms with Gasteiger partial charge in [-0.05, 0) is 19.1 Å². The van der Waals surface area contributed by atoms with E-state index in [9.17, 15) is 4.79 Å². The number of rotatable bonds is 4. The molecule has 0 fully saturated rings. The van der Waals surface area contributed by atoms with Crippen LogP contribution in [0, 0.1) is 0 Å². The van der Waals surface area contributed by atoms with Gasteiger partial charge in [-0.2, -0.15) is 0 Å². The summed E-state index contributed by atoms with van der Waals surface area (Å²) in [5, 5.41) is 0. The van der Waals surface area contributed by atoms with E-state index in [0.29, 0.717) is 5.76 Å². The van der Waals surface area contributed by atoms with Crippen LogP contribution in [-0.2, 0) is 8.92 Å². The largest absolute Gasteiger partial charge is 0.526 e. The summed E-state index contributed by atoms with van der Waals surface area (Å²) in [6.45, 7) is 5.36. The maximum atomic E-state index is 10.7. The highest BCUT2D eigenvalue weighted by Crippen LogP contribution is 2.03. The Kier molecular flexibility index (Phi) is 7.36. The van der Waals surface area contributed by atoms with Crippen LogP contribution in [0.25, 0.3) is 0 Å². The number of allylic oxidation sites excluding steroid dienone is 6. The highest BCUT2D eigenvalue weighted by atomic mass is 32.1. The molecule has 3 nitrogen and oxygen atoms in total. The molecule has 0 spiro atoms. The van der Waals surface area contributed by atoms with Gasteiger partial charge in [0.2, 0.25) is 0 Å². The minimum atomic E-state index is -0.883. The van der Waals surface area contributed by atoms with E-state index in [4.69, 9.17) is 4.74 Å². The van der Waals surface area contributed by atoms with E-state index in [1.165, 1.54) is 12.2 Å². The summed E-state index contributed by atoms with van der Waals surface area (Å²) in [5.74, 6) is 0.331. The standard InChI is InChI=1S/C10H12O3S/c1-3-5-6-8-9(7-4-2)12-10(11)13-14/h3-8,14H,2H2,1H3/b5-3-,8-6-,9-7+. The summed E-state index contributed by atoms with van der Waals surface area (Å²) in [5.41, 5.74) is 0. The molecular weight excluding hydrogens is 200 g/mol. The predicted molar refractivity (Wildman–Crippen MR) is 58.8 cm³/mol. The summed E-state index contributed by atoms with van der Waals surface area (Å²) >= 11 is 3.30. The fourth-order valence-electron chi connectivity index (χ4n) is 0.616. The molecule has 4 heteroatoms. The first kappa shape index (κ1) is 12.6. The first-order valence-electron chi connectivity index (χ1n) is 3.90. The lowest BCUT2D eigenvalue weighted by molar-refractivity contribution is 0.138. The fourth-order valence-corrected chi connectivity index (χ4v) is 0.653. The van der Waals surface area contributed by atoms with Crippen molar-refractivity contribution >= 4 is 19.1 Å². The zero-order valence-electron chi connectivity index (χ0n) is 7.84. The number of ether oxygens (including phenoxy) is 1. The van der Waals surface area contributed by atoms with Gasteiger partial charge in [-0.25, -0.2) is 4.79 Å². The lowest BCUT2D eigenvalue weighted by Gasteiger charge is -2.00. The van der Waals surface area contributed by atoms with Crippen molar-refractivity contribution in [2.75, 3.05) is 0 Å². The second-order valence-corrected chi connectivity index (χ2v) is 2.32. The third kappa shape index (κ3) is 6.14. The van der Waals surface area contributed by atoms with Gasteiger partial charge in [0.25, 0.3) is 0 Å². The Morgan fingerprint density at radius 1 is 1.43 bits per heavy atom. The molecule has 0 rings (SSSR count). The molecule has 0 N–H and O–H groups in total. The van der Waals surface area contributed by atoms with Gasteiger partial charge in [-0.3, -0.25) is 0 Å². The minimum Gasteiger partial charge on any atom is -0.394 e. The molecule has 76 valence electrons. The number of thiol groups is 1. The van der Waals surface area contributed by atoms with Crippen LogP contribution in [0.15, 0.2) is 48.8 Å². The molecule has 0 amide bonds. The minimum absolute atomic E-state index is 0.331. The first-order valence-corrected chi connectivity index (χ1v) is 4.26. The topological polar surface area (TPSA) is 35.5 Å². The Morgan fingerprint density at radius 3 is 2.64 bits per heavy atom. The number of hydrogen-bond acceptors (Lipinski definition) is 4. The Hall–Kier alpha value is -1.42. The zero-order valence-corrected chi connectivity index (χ0v) is 8.74. The molecule has 0 unspecified atom stereocenters. The van der Waals surface area contributed by atoms with Gasteiger partial charge in [-0.15, -0.1) is 0 Å². The van der Waals surface area contributed by atoms with Gasteiger partial charge in [0.1, 0.15) is 5.76 Å². The van der Waals surface area contributed by atoms with Crippen LogP contribution in [0.4, 0.5) is 4.79 Å². The van der Waals surface area contributed by atoms with E-state index < -0.39 is 6.16 Å². The molecule has 0 aliphatic rings. The van der Waals surface area contributed by atoms with E-state index in [-0.39, 0.29) is 0 Å². The molecule has 0 bridgehead atoms. The predicted octanol–water partition coefficient (Wildman–Crippen LogP) is 3.19. The summed E-state index contributed by atoms with van der Waals surface area (Å²) in [6, 6.07) is 0. The average molecular weight is 212 g/mol. The van der Waals surface area contributed by atoms with E-state index >= 15 is 0 Å². The second kappa shape index (κ2) is 8.19. The van der Waals surface area contributed by atoms with Gasteiger partial charge in [-0.1, -0.05) is 30.9 Å². The molecule has 0 heterocycles. The van der Waals surface area contributed by atoms with Crippen LogP contribution in [0.2, 0.25) is 0 Å². The van der Waals surface area contributed by atoms with Crippen LogP contribution in [0.3, 0.4) is 0 Å². The fraction of sp³-hybridized carbons (Fsp3) is 0.100. The van der Waals surface area contributed by atoms with E-state index in [1.54, 1.807) is 18.2 Å². The smallest absolute Gasteiger partial charge is 0.394 e. The molecule has 0 atom stereocenters. The number of hydrogen-bond donors (Lipinski definition) is 1. The van der Waals surface area contributed by atoms with Gasteiger partial charge in [0, 0.05) is 12.9 Å². The van der Waals surface area contributed by atoms with Crippen molar-refractivity contribution in [1.29, 1.82) is 0 Å². The van der Waals surface area contributed by atoms with E-state index in [0.717, 1.165) is 0 Å². The highest BCUT2D eigenvalue weighted by Gasteiger charge is 2.02. The highest BCUT2D eigenvalue weighted by molar-refractivity contribution is 7.75. The van der Waals surface area contributed by atoms with Crippen LogP contribution in [-0.4, -0.2) is 6.16 Å². The quantitative estimate of drug-likeness (QED) is 0.255. The normalized spacial score (nSPS) is 12.0. The summed E-state index contributed by atoms with van der Waals surface area (Å²) in [6.07, 6.45) is 9.12. The van der Waals surface area contributed by atoms with Crippen LogP contribution in [0.5, 0.6) is 0 Å². The Labute approximate surface area is 89.0 Å². The third-order valence-electron chi connectivity index (χ3n) is 1.12. The van der Waals surface area contributed by atoms with Crippen LogP contribution >= 0.6 is 12.9 Å². The number of carbonyl (C=O) groups is 1. The molecule has 0 aliphatic heterocycles. The molecule has 0 saturated heterocycles. The Balaban J connectivity index is 4.38. The monoisotopic (exact) mass is 212 g/mol. The third-order valence-corrected chi connectivity index (χ3v) is 1.27. The molecule has 0 saturated carbocycles. The van der Waals surface area contributed by atoms with Crippen molar-refractivity contribution in [2.45, 2.75) is 6.92 Å². The van der Waals surface area contributed by atoms with Crippen molar-refractivity contribution in [3.8, 4) is 0 Å². The van der Waals surface area contributed by atoms with Crippen molar-refractivity contribution < 1.29 is 13.7 Å². The molecule has 0 aromatic carbocycles. The SMILES string of the molecule is C=C\C=C(/C=C\C=C/C)OC(=O)OS. The maximum Gasteiger partial charge on any atom is 0.526 e. The molecule has 0 aliphatic carbocycles. The van der Waals surface area contributed by atoms with Crippen molar-refractivity contribution in [1.82, 2.24) is 0 Å². The average Bonchev–Trinajstić information content (AvgIpc) is 2.18. The van der Waals surface area contributed by atoms with Crippen LogP contribution in [0.1, 0.15) is 6.92 Å². The van der Waals surface area contributed by atoms with Crippen molar-refractivity contribution in [3.05, 3.63) is 48.8 Å². The van der Waals surface area contributed by atoms with Gasteiger partial charge < -0.3 is 8.92 Å². The number of carbonyl (C=O) groups excluding carboxylic acids is 1. The first-order chi connectivity index (χ1) is 6.74. The van der Waals surface area contributed by atoms with Crippen LogP contribution < -0.4 is 0 Å². The van der Waals surface area contributed by atoms with Gasteiger partial charge in [0.05, 0.1) is 0 Å². The molecule has 14 heavy (non-hydrogen) atoms. The zero-order chi connectivity index (χ0) is 10.8. The molecule has 0 aromatic rings. The Bertz CT molecular complexity index is 277. The summed E-state index contributed by atoms with van der Waals surface area (Å²) < 4.78 is 8.76. The molecule has 0 radical (unpaired) electrons. The Morgan fingerprint density at radius 2 is 2.14 bits per heavy atom. The molecule has 0 aromatic heterocycles. The summed E-state index contributed by atoms with van der Waals surface area (Å²) in [4.78, 5) is 10.7. The maximum absolute atomic E-state index is 10.7. The van der Waals surface area contributed by atoms with Crippen molar-refractivity contribution in [2.24, 2.45) is 0 Å².